The van der Waals surface area contributed by atoms with Crippen molar-refractivity contribution in [2.45, 2.75) is 33.0 Å². The number of benzene rings is 1. The molecule has 0 aliphatic rings. The number of rotatable bonds is 3. The molecule has 0 atom stereocenters. The van der Waals surface area contributed by atoms with E-state index in [1.165, 1.54) is 0 Å². The molecule has 0 saturated heterocycles. The molecule has 0 unspecified atom stereocenters. The molecule has 0 heterocycles. The largest absolute Gasteiger partial charge is 0.478 e. The fourth-order valence-corrected chi connectivity index (χ4v) is 1.03. The van der Waals surface area contributed by atoms with Crippen LogP contribution in [0.3, 0.4) is 0 Å². The monoisotopic (exact) mass is 252 g/mol. The molecule has 1 aromatic rings. The van der Waals surface area contributed by atoms with Gasteiger partial charge in [0.2, 0.25) is 0 Å². The van der Waals surface area contributed by atoms with Crippen LogP contribution >= 0.6 is 0 Å². The first-order chi connectivity index (χ1) is 8.35. The van der Waals surface area contributed by atoms with E-state index in [-0.39, 0.29) is 0 Å². The van der Waals surface area contributed by atoms with Gasteiger partial charge >= 0.3 is 5.97 Å². The summed E-state index contributed by atoms with van der Waals surface area (Å²) < 4.78 is 0. The Labute approximate surface area is 107 Å². The van der Waals surface area contributed by atoms with Gasteiger partial charge in [0.25, 0.3) is 0 Å². The first-order valence-electron chi connectivity index (χ1n) is 5.71. The van der Waals surface area contributed by atoms with Crippen molar-refractivity contribution >= 4 is 5.97 Å². The predicted molar refractivity (Wildman–Crippen MR) is 69.9 cm³/mol. The molecular formula is C14H20O4. The number of aliphatic hydroxyl groups is 2. The Hall–Kier alpha value is -1.65. The Morgan fingerprint density at radius 3 is 2.06 bits per heavy atom. The van der Waals surface area contributed by atoms with E-state index in [1.807, 2.05) is 6.07 Å². The molecule has 0 aliphatic heterocycles. The predicted octanol–water partition coefficient (Wildman–Crippen LogP) is 2.27. The number of hydrogen-bond donors (Lipinski definition) is 3. The van der Waals surface area contributed by atoms with Gasteiger partial charge in [-0.3, -0.25) is 0 Å². The molecule has 0 radical (unpaired) electrons. The Morgan fingerprint density at radius 1 is 1.28 bits per heavy atom. The molecule has 18 heavy (non-hydrogen) atoms. The fraction of sp³-hybridized carbons (Fsp3) is 0.357. The summed E-state index contributed by atoms with van der Waals surface area (Å²) in [5, 5.41) is 26.8. The summed E-state index contributed by atoms with van der Waals surface area (Å²) in [6, 6.07) is 8.81. The van der Waals surface area contributed by atoms with Crippen LogP contribution in [0, 0.1) is 0 Å². The van der Waals surface area contributed by atoms with Gasteiger partial charge in [-0.2, -0.15) is 0 Å². The van der Waals surface area contributed by atoms with Crippen molar-refractivity contribution in [2.24, 2.45) is 0 Å². The van der Waals surface area contributed by atoms with E-state index in [0.29, 0.717) is 17.6 Å². The van der Waals surface area contributed by atoms with Gasteiger partial charge in [0, 0.05) is 17.6 Å². The van der Waals surface area contributed by atoms with E-state index >= 15 is 0 Å². The van der Waals surface area contributed by atoms with Crippen LogP contribution in [0.25, 0.3) is 0 Å². The van der Waals surface area contributed by atoms with Crippen molar-refractivity contribution in [3.63, 3.8) is 0 Å². The number of hydrogen-bond acceptors (Lipinski definition) is 3. The van der Waals surface area contributed by atoms with Gasteiger partial charge in [0.05, 0.1) is 0 Å². The van der Waals surface area contributed by atoms with Crippen molar-refractivity contribution in [1.82, 2.24) is 0 Å². The highest BCUT2D eigenvalue weighted by molar-refractivity contribution is 5.85. The molecule has 0 amide bonds. The Balaban J connectivity index is 0.000000360. The molecular weight excluding hydrogens is 232 g/mol. The van der Waals surface area contributed by atoms with Crippen molar-refractivity contribution in [3.05, 3.63) is 47.5 Å². The summed E-state index contributed by atoms with van der Waals surface area (Å²) in [5.41, 5.74) is 0.933. The minimum atomic E-state index is -1.67. The highest BCUT2D eigenvalue weighted by atomic mass is 16.5. The van der Waals surface area contributed by atoms with Gasteiger partial charge in [-0.25, -0.2) is 4.79 Å². The maximum Gasteiger partial charge on any atom is 0.330 e. The summed E-state index contributed by atoms with van der Waals surface area (Å²) in [4.78, 5) is 9.86. The van der Waals surface area contributed by atoms with E-state index in [9.17, 15) is 15.0 Å². The second-order valence-corrected chi connectivity index (χ2v) is 3.81. The van der Waals surface area contributed by atoms with Crippen molar-refractivity contribution in [3.8, 4) is 0 Å². The second kappa shape index (κ2) is 7.63. The lowest BCUT2D eigenvalue weighted by atomic mass is 10.0. The molecule has 0 bridgehead atoms. The Bertz CT molecular complexity index is 394. The van der Waals surface area contributed by atoms with Crippen LogP contribution in [0.15, 0.2) is 42.0 Å². The summed E-state index contributed by atoms with van der Waals surface area (Å²) in [5.74, 6) is -2.51. The first-order valence-corrected chi connectivity index (χ1v) is 5.71. The first kappa shape index (κ1) is 16.4. The van der Waals surface area contributed by atoms with Gasteiger partial charge in [0.15, 0.2) is 5.79 Å². The van der Waals surface area contributed by atoms with Gasteiger partial charge in [-0.1, -0.05) is 43.3 Å². The summed E-state index contributed by atoms with van der Waals surface area (Å²) >= 11 is 0. The maximum atomic E-state index is 9.86. The number of aliphatic carboxylic acids is 1. The molecule has 1 rings (SSSR count). The zero-order valence-corrected chi connectivity index (χ0v) is 10.9. The average molecular weight is 252 g/mol. The summed E-state index contributed by atoms with van der Waals surface area (Å²) in [6.45, 7) is 4.98. The smallest absolute Gasteiger partial charge is 0.330 e. The lowest BCUT2D eigenvalue weighted by Crippen LogP contribution is -2.23. The van der Waals surface area contributed by atoms with Crippen LogP contribution in [0.4, 0.5) is 0 Å². The zero-order valence-electron chi connectivity index (χ0n) is 10.9. The summed E-state index contributed by atoms with van der Waals surface area (Å²) in [6.07, 6.45) is 1.86. The van der Waals surface area contributed by atoms with Crippen LogP contribution in [0.5, 0.6) is 0 Å². The van der Waals surface area contributed by atoms with E-state index in [4.69, 9.17) is 5.11 Å². The third-order valence-electron chi connectivity index (χ3n) is 2.50. The van der Waals surface area contributed by atoms with Gasteiger partial charge in [0.1, 0.15) is 0 Å². The molecule has 3 N–H and O–H groups in total. The fourth-order valence-electron chi connectivity index (χ4n) is 1.03. The lowest BCUT2D eigenvalue weighted by molar-refractivity contribution is -0.171. The average Bonchev–Trinajstić information content (AvgIpc) is 2.39. The molecule has 100 valence electrons. The molecule has 1 aromatic carbocycles. The number of carboxylic acids is 1. The van der Waals surface area contributed by atoms with Crippen molar-refractivity contribution < 1.29 is 20.1 Å². The standard InChI is InChI=1S/C9H12O2.C5H8O2/c1-2-9(10,11)8-6-4-3-5-7-8;1-3-4(2)5(6)7/h3-7,10-11H,2H2,1H3;3H,1-2H3,(H,6,7). The van der Waals surface area contributed by atoms with E-state index < -0.39 is 11.8 Å². The lowest BCUT2D eigenvalue weighted by Gasteiger charge is -2.19. The molecule has 4 heteroatoms. The number of allylic oxidation sites excluding steroid dienone is 1. The minimum Gasteiger partial charge on any atom is -0.478 e. The Kier molecular flexibility index (Phi) is 6.93. The third kappa shape index (κ3) is 5.61. The normalized spacial score (nSPS) is 11.5. The summed E-state index contributed by atoms with van der Waals surface area (Å²) in [7, 11) is 0. The van der Waals surface area contributed by atoms with Crippen LogP contribution in [-0.4, -0.2) is 21.3 Å². The van der Waals surface area contributed by atoms with E-state index in [1.54, 1.807) is 51.1 Å². The molecule has 0 aliphatic carbocycles. The van der Waals surface area contributed by atoms with E-state index in [0.717, 1.165) is 0 Å². The molecule has 0 saturated carbocycles. The SMILES string of the molecule is CC=C(C)C(=O)O.CCC(O)(O)c1ccccc1. The van der Waals surface area contributed by atoms with Crippen molar-refractivity contribution in [2.75, 3.05) is 0 Å². The topological polar surface area (TPSA) is 77.8 Å². The van der Waals surface area contributed by atoms with Crippen molar-refractivity contribution in [1.29, 1.82) is 0 Å². The van der Waals surface area contributed by atoms with Crippen LogP contribution < -0.4 is 0 Å². The minimum absolute atomic E-state index is 0.303. The Morgan fingerprint density at radius 2 is 1.78 bits per heavy atom. The molecule has 4 nitrogen and oxygen atoms in total. The molecule has 0 spiro atoms. The highest BCUT2D eigenvalue weighted by Gasteiger charge is 2.21. The third-order valence-corrected chi connectivity index (χ3v) is 2.50. The maximum absolute atomic E-state index is 9.86. The number of carbonyl (C=O) groups is 1. The van der Waals surface area contributed by atoms with Crippen LogP contribution in [-0.2, 0) is 10.6 Å². The second-order valence-electron chi connectivity index (χ2n) is 3.81. The van der Waals surface area contributed by atoms with Crippen LogP contribution in [0.1, 0.15) is 32.8 Å². The van der Waals surface area contributed by atoms with Gasteiger partial charge < -0.3 is 15.3 Å². The van der Waals surface area contributed by atoms with Crippen LogP contribution in [0.2, 0.25) is 0 Å². The number of carboxylic acid groups (broad SMARTS) is 1. The quantitative estimate of drug-likeness (QED) is 0.569. The molecule has 0 aromatic heterocycles. The zero-order chi connectivity index (χ0) is 14.2. The highest BCUT2D eigenvalue weighted by Crippen LogP contribution is 2.20. The van der Waals surface area contributed by atoms with E-state index in [2.05, 4.69) is 0 Å². The van der Waals surface area contributed by atoms with Gasteiger partial charge in [-0.15, -0.1) is 0 Å². The molecule has 0 fully saturated rings. The van der Waals surface area contributed by atoms with Gasteiger partial charge in [-0.05, 0) is 13.8 Å².